The van der Waals surface area contributed by atoms with E-state index in [9.17, 15) is 4.39 Å². The fourth-order valence-corrected chi connectivity index (χ4v) is 1.80. The molecular formula is C12H21FN4O. The minimum atomic E-state index is -0.415. The molecule has 0 fully saturated rings. The van der Waals surface area contributed by atoms with Crippen LogP contribution in [0.2, 0.25) is 0 Å². The third-order valence-corrected chi connectivity index (χ3v) is 2.61. The van der Waals surface area contributed by atoms with E-state index in [0.29, 0.717) is 31.5 Å². The van der Waals surface area contributed by atoms with E-state index in [2.05, 4.69) is 15.3 Å². The van der Waals surface area contributed by atoms with Gasteiger partial charge in [0.2, 0.25) is 5.95 Å². The fourth-order valence-electron chi connectivity index (χ4n) is 1.80. The summed E-state index contributed by atoms with van der Waals surface area (Å²) >= 11 is 0. The van der Waals surface area contributed by atoms with Crippen molar-refractivity contribution < 1.29 is 9.13 Å². The lowest BCUT2D eigenvalue weighted by Crippen LogP contribution is -2.37. The molecule has 1 aromatic heterocycles. The molecule has 6 heteroatoms. The van der Waals surface area contributed by atoms with Crippen LogP contribution in [0.25, 0.3) is 0 Å². The first-order valence-electron chi connectivity index (χ1n) is 6.15. The summed E-state index contributed by atoms with van der Waals surface area (Å²) in [5, 5.41) is 2.98. The second kappa shape index (κ2) is 7.10. The van der Waals surface area contributed by atoms with Crippen LogP contribution in [-0.4, -0.2) is 42.8 Å². The van der Waals surface area contributed by atoms with Gasteiger partial charge in [0.25, 0.3) is 0 Å². The van der Waals surface area contributed by atoms with Crippen LogP contribution in [0.5, 0.6) is 0 Å². The van der Waals surface area contributed by atoms with Gasteiger partial charge in [0.05, 0.1) is 18.8 Å². The third-order valence-electron chi connectivity index (χ3n) is 2.61. The lowest BCUT2D eigenvalue weighted by molar-refractivity contribution is 0.181. The minimum absolute atomic E-state index is 0.0545. The van der Waals surface area contributed by atoms with Crippen molar-refractivity contribution in [2.24, 2.45) is 0 Å². The quantitative estimate of drug-likeness (QED) is 0.807. The molecule has 1 atom stereocenters. The molecule has 0 amide bonds. The molecule has 1 N–H and O–H groups in total. The monoisotopic (exact) mass is 256 g/mol. The molecule has 18 heavy (non-hydrogen) atoms. The van der Waals surface area contributed by atoms with Crippen LogP contribution >= 0.6 is 0 Å². The lowest BCUT2D eigenvalue weighted by atomic mass is 10.3. The van der Waals surface area contributed by atoms with Crippen LogP contribution in [0.15, 0.2) is 6.20 Å². The van der Waals surface area contributed by atoms with Crippen molar-refractivity contribution in [3.8, 4) is 0 Å². The van der Waals surface area contributed by atoms with Gasteiger partial charge in [-0.3, -0.25) is 0 Å². The van der Waals surface area contributed by atoms with Crippen molar-refractivity contribution in [3.05, 3.63) is 12.0 Å². The summed E-state index contributed by atoms with van der Waals surface area (Å²) in [4.78, 5) is 9.97. The second-order valence-electron chi connectivity index (χ2n) is 3.99. The highest BCUT2D eigenvalue weighted by Crippen LogP contribution is 2.19. The molecule has 102 valence electrons. The summed E-state index contributed by atoms with van der Waals surface area (Å²) in [6, 6.07) is 0.0545. The maximum atomic E-state index is 13.8. The summed E-state index contributed by atoms with van der Waals surface area (Å²) in [5.74, 6) is 0.339. The number of nitrogens with one attached hydrogen (secondary N) is 1. The highest BCUT2D eigenvalue weighted by molar-refractivity contribution is 5.44. The topological polar surface area (TPSA) is 50.3 Å². The van der Waals surface area contributed by atoms with Gasteiger partial charge < -0.3 is 15.0 Å². The number of methoxy groups -OCH3 is 1. The van der Waals surface area contributed by atoms with E-state index in [1.807, 2.05) is 25.7 Å². The molecule has 0 aromatic carbocycles. The molecule has 1 rings (SSSR count). The first-order chi connectivity index (χ1) is 8.63. The largest absolute Gasteiger partial charge is 0.383 e. The van der Waals surface area contributed by atoms with Crippen molar-refractivity contribution in [2.75, 3.05) is 37.0 Å². The Morgan fingerprint density at radius 2 is 2.22 bits per heavy atom. The predicted molar refractivity (Wildman–Crippen MR) is 70.5 cm³/mol. The number of nitrogens with zero attached hydrogens (tertiary/aromatic N) is 3. The van der Waals surface area contributed by atoms with Gasteiger partial charge in [0, 0.05) is 20.2 Å². The average molecular weight is 256 g/mol. The van der Waals surface area contributed by atoms with Crippen LogP contribution < -0.4 is 10.2 Å². The van der Waals surface area contributed by atoms with Gasteiger partial charge in [-0.25, -0.2) is 9.37 Å². The van der Waals surface area contributed by atoms with Crippen molar-refractivity contribution in [1.82, 2.24) is 9.97 Å². The Hall–Kier alpha value is -1.43. The van der Waals surface area contributed by atoms with E-state index in [1.165, 1.54) is 6.20 Å². The first-order valence-corrected chi connectivity index (χ1v) is 6.15. The number of anilines is 2. The Labute approximate surface area is 107 Å². The Kier molecular flexibility index (Phi) is 5.77. The van der Waals surface area contributed by atoms with Crippen LogP contribution in [0, 0.1) is 5.82 Å². The molecule has 0 spiro atoms. The smallest absolute Gasteiger partial charge is 0.224 e. The molecular weight excluding hydrogens is 235 g/mol. The number of hydrogen-bond acceptors (Lipinski definition) is 5. The van der Waals surface area contributed by atoms with Gasteiger partial charge in [0.1, 0.15) is 0 Å². The lowest BCUT2D eigenvalue weighted by Gasteiger charge is -2.28. The van der Waals surface area contributed by atoms with Gasteiger partial charge >= 0.3 is 0 Å². The highest BCUT2D eigenvalue weighted by Gasteiger charge is 2.18. The van der Waals surface area contributed by atoms with Gasteiger partial charge in [-0.05, 0) is 20.8 Å². The zero-order valence-corrected chi connectivity index (χ0v) is 11.4. The molecule has 0 aliphatic carbocycles. The SMILES string of the molecule is CCNc1ncc(F)c(N(CC)C(C)COC)n1. The van der Waals surface area contributed by atoms with Crippen LogP contribution in [0.3, 0.4) is 0 Å². The van der Waals surface area contributed by atoms with Gasteiger partial charge in [-0.1, -0.05) is 0 Å². The molecule has 5 nitrogen and oxygen atoms in total. The van der Waals surface area contributed by atoms with Crippen LogP contribution in [0.1, 0.15) is 20.8 Å². The molecule has 0 aliphatic heterocycles. The van der Waals surface area contributed by atoms with Gasteiger partial charge in [-0.15, -0.1) is 0 Å². The summed E-state index contributed by atoms with van der Waals surface area (Å²) in [7, 11) is 1.63. The van der Waals surface area contributed by atoms with Crippen molar-refractivity contribution in [2.45, 2.75) is 26.8 Å². The third kappa shape index (κ3) is 3.53. The fraction of sp³-hybridized carbons (Fsp3) is 0.667. The van der Waals surface area contributed by atoms with Gasteiger partial charge in [0.15, 0.2) is 11.6 Å². The van der Waals surface area contributed by atoms with E-state index in [-0.39, 0.29) is 6.04 Å². The van der Waals surface area contributed by atoms with Crippen LogP contribution in [0.4, 0.5) is 16.2 Å². The Balaban J connectivity index is 2.99. The molecule has 0 saturated carbocycles. The maximum absolute atomic E-state index is 13.8. The molecule has 0 aliphatic rings. The zero-order chi connectivity index (χ0) is 13.5. The molecule has 1 aromatic rings. The molecule has 0 bridgehead atoms. The number of ether oxygens (including phenoxy) is 1. The maximum Gasteiger partial charge on any atom is 0.224 e. The van der Waals surface area contributed by atoms with Crippen molar-refractivity contribution >= 4 is 11.8 Å². The Morgan fingerprint density at radius 1 is 1.50 bits per heavy atom. The second-order valence-corrected chi connectivity index (χ2v) is 3.99. The molecule has 0 radical (unpaired) electrons. The summed E-state index contributed by atoms with van der Waals surface area (Å²) in [6.07, 6.45) is 1.20. The van der Waals surface area contributed by atoms with E-state index in [4.69, 9.17) is 4.74 Å². The van der Waals surface area contributed by atoms with E-state index >= 15 is 0 Å². The van der Waals surface area contributed by atoms with Crippen molar-refractivity contribution in [1.29, 1.82) is 0 Å². The number of aromatic nitrogens is 2. The first kappa shape index (κ1) is 14.6. The van der Waals surface area contributed by atoms with Gasteiger partial charge in [-0.2, -0.15) is 4.98 Å². The standard InChI is InChI=1S/C12H21FN4O/c1-5-14-12-15-7-10(13)11(16-12)17(6-2)9(3)8-18-4/h7,9H,5-6,8H2,1-4H3,(H,14,15,16). The van der Waals surface area contributed by atoms with E-state index < -0.39 is 5.82 Å². The zero-order valence-electron chi connectivity index (χ0n) is 11.4. The number of hydrogen-bond donors (Lipinski definition) is 1. The Bertz CT molecular complexity index is 375. The number of likely N-dealkylation sites (N-methyl/N-ethyl adjacent to an activating group) is 1. The summed E-state index contributed by atoms with van der Waals surface area (Å²) < 4.78 is 18.9. The predicted octanol–water partition coefficient (Wildman–Crippen LogP) is 1.91. The van der Waals surface area contributed by atoms with Crippen molar-refractivity contribution in [3.63, 3.8) is 0 Å². The molecule has 1 heterocycles. The summed E-state index contributed by atoms with van der Waals surface area (Å²) in [6.45, 7) is 7.75. The molecule has 1 unspecified atom stereocenters. The normalized spacial score (nSPS) is 12.3. The number of rotatable bonds is 7. The summed E-state index contributed by atoms with van der Waals surface area (Å²) in [5.41, 5.74) is 0. The minimum Gasteiger partial charge on any atom is -0.383 e. The Morgan fingerprint density at radius 3 is 2.78 bits per heavy atom. The number of halogens is 1. The van der Waals surface area contributed by atoms with E-state index in [1.54, 1.807) is 7.11 Å². The molecule has 0 saturated heterocycles. The highest BCUT2D eigenvalue weighted by atomic mass is 19.1. The van der Waals surface area contributed by atoms with E-state index in [0.717, 1.165) is 0 Å². The van der Waals surface area contributed by atoms with Crippen LogP contribution in [-0.2, 0) is 4.74 Å². The average Bonchev–Trinajstić information content (AvgIpc) is 2.34.